The number of hydrogen-bond donors (Lipinski definition) is 2. The first kappa shape index (κ1) is 17.9. The van der Waals surface area contributed by atoms with Gasteiger partial charge >= 0.3 is 0 Å². The standard InChI is InChI=1S/C19H17N5OS/c20-8-15-7-16(9-21)19(24-11-15)26-12-14-3-1-13(2-4-14)10-23-17-5-6-22-18(17)25/h1-4,7,11,17,23H,5-6,10,12H2,(H,22,25). The minimum absolute atomic E-state index is 0.0706. The van der Waals surface area contributed by atoms with E-state index < -0.39 is 0 Å². The molecular weight excluding hydrogens is 346 g/mol. The van der Waals surface area contributed by atoms with Crippen LogP contribution >= 0.6 is 11.8 Å². The van der Waals surface area contributed by atoms with Crippen molar-refractivity contribution in [2.24, 2.45) is 0 Å². The molecule has 130 valence electrons. The Kier molecular flexibility index (Phi) is 5.85. The zero-order valence-electron chi connectivity index (χ0n) is 14.0. The number of nitrogens with one attached hydrogen (secondary N) is 2. The number of aromatic nitrogens is 1. The molecule has 1 saturated heterocycles. The molecule has 1 aliphatic rings. The average Bonchev–Trinajstić information content (AvgIpc) is 3.10. The monoisotopic (exact) mass is 363 g/mol. The second-order valence-electron chi connectivity index (χ2n) is 5.92. The van der Waals surface area contributed by atoms with Crippen molar-refractivity contribution in [3.8, 4) is 12.1 Å². The Bertz CT molecular complexity index is 882. The molecule has 6 nitrogen and oxygen atoms in total. The second-order valence-corrected chi connectivity index (χ2v) is 6.88. The summed E-state index contributed by atoms with van der Waals surface area (Å²) in [4.78, 5) is 15.7. The van der Waals surface area contributed by atoms with Gasteiger partial charge in [0.1, 0.15) is 17.2 Å². The van der Waals surface area contributed by atoms with Gasteiger partial charge in [-0.3, -0.25) is 4.79 Å². The van der Waals surface area contributed by atoms with E-state index in [1.54, 1.807) is 6.07 Å². The Morgan fingerprint density at radius 1 is 1.23 bits per heavy atom. The highest BCUT2D eigenvalue weighted by atomic mass is 32.2. The molecule has 0 aliphatic carbocycles. The number of carbonyl (C=O) groups excluding carboxylic acids is 1. The Hall–Kier alpha value is -2.87. The quantitative estimate of drug-likeness (QED) is 0.762. The first-order valence-corrected chi connectivity index (χ1v) is 9.20. The topological polar surface area (TPSA) is 102 Å². The van der Waals surface area contributed by atoms with Crippen LogP contribution in [0.3, 0.4) is 0 Å². The van der Waals surface area contributed by atoms with E-state index in [2.05, 4.69) is 21.7 Å². The van der Waals surface area contributed by atoms with E-state index in [0.717, 1.165) is 24.1 Å². The summed E-state index contributed by atoms with van der Waals surface area (Å²) in [5.41, 5.74) is 3.04. The molecule has 2 N–H and O–H groups in total. The molecule has 1 fully saturated rings. The highest BCUT2D eigenvalue weighted by molar-refractivity contribution is 7.98. The fourth-order valence-corrected chi connectivity index (χ4v) is 3.53. The molecule has 0 saturated carbocycles. The van der Waals surface area contributed by atoms with Gasteiger partial charge in [-0.15, -0.1) is 11.8 Å². The van der Waals surface area contributed by atoms with E-state index in [4.69, 9.17) is 5.26 Å². The Balaban J connectivity index is 1.55. The first-order chi connectivity index (χ1) is 12.7. The van der Waals surface area contributed by atoms with E-state index in [1.165, 1.54) is 18.0 Å². The van der Waals surface area contributed by atoms with E-state index in [1.807, 2.05) is 30.3 Å². The molecule has 0 radical (unpaired) electrons. The maximum absolute atomic E-state index is 11.5. The van der Waals surface area contributed by atoms with Crippen LogP contribution in [0.2, 0.25) is 0 Å². The van der Waals surface area contributed by atoms with Crippen LogP contribution in [0.25, 0.3) is 0 Å². The van der Waals surface area contributed by atoms with Crippen LogP contribution in [0.1, 0.15) is 28.7 Å². The summed E-state index contributed by atoms with van der Waals surface area (Å²) in [7, 11) is 0. The summed E-state index contributed by atoms with van der Waals surface area (Å²) in [5, 5.41) is 24.8. The van der Waals surface area contributed by atoms with Crippen LogP contribution in [0, 0.1) is 22.7 Å². The van der Waals surface area contributed by atoms with Gasteiger partial charge in [-0.2, -0.15) is 10.5 Å². The van der Waals surface area contributed by atoms with Crippen molar-refractivity contribution in [3.63, 3.8) is 0 Å². The molecule has 3 rings (SSSR count). The summed E-state index contributed by atoms with van der Waals surface area (Å²) in [6.45, 7) is 1.39. The van der Waals surface area contributed by atoms with Gasteiger partial charge in [0.05, 0.1) is 17.2 Å². The number of amides is 1. The molecule has 0 bridgehead atoms. The number of thioether (sulfide) groups is 1. The highest BCUT2D eigenvalue weighted by Crippen LogP contribution is 2.24. The van der Waals surface area contributed by atoms with Gasteiger partial charge in [0.25, 0.3) is 0 Å². The van der Waals surface area contributed by atoms with Crippen LogP contribution in [-0.2, 0) is 17.1 Å². The van der Waals surface area contributed by atoms with E-state index in [9.17, 15) is 10.1 Å². The molecule has 1 amide bonds. The lowest BCUT2D eigenvalue weighted by Gasteiger charge is -2.10. The fraction of sp³-hybridized carbons (Fsp3) is 0.263. The molecule has 2 heterocycles. The van der Waals surface area contributed by atoms with Crippen molar-refractivity contribution < 1.29 is 4.79 Å². The smallest absolute Gasteiger partial charge is 0.237 e. The van der Waals surface area contributed by atoms with Crippen molar-refractivity contribution >= 4 is 17.7 Å². The molecule has 1 atom stereocenters. The number of hydrogen-bond acceptors (Lipinski definition) is 6. The number of rotatable bonds is 6. The minimum atomic E-state index is -0.0999. The van der Waals surface area contributed by atoms with Crippen LogP contribution in [-0.4, -0.2) is 23.5 Å². The van der Waals surface area contributed by atoms with E-state index in [0.29, 0.717) is 28.5 Å². The zero-order chi connectivity index (χ0) is 18.4. The van der Waals surface area contributed by atoms with Gasteiger partial charge < -0.3 is 10.6 Å². The Morgan fingerprint density at radius 2 is 2.00 bits per heavy atom. The number of nitriles is 2. The van der Waals surface area contributed by atoms with Crippen LogP contribution in [0.4, 0.5) is 0 Å². The van der Waals surface area contributed by atoms with Crippen molar-refractivity contribution in [2.45, 2.75) is 29.8 Å². The third-order valence-electron chi connectivity index (χ3n) is 4.10. The number of carbonyl (C=O) groups is 1. The molecule has 26 heavy (non-hydrogen) atoms. The SMILES string of the molecule is N#Cc1cnc(SCc2ccc(CNC3CCNC3=O)cc2)c(C#N)c1. The van der Waals surface area contributed by atoms with Gasteiger partial charge in [-0.25, -0.2) is 4.98 Å². The molecule has 0 spiro atoms. The van der Waals surface area contributed by atoms with Gasteiger partial charge in [0.2, 0.25) is 5.91 Å². The number of nitrogens with zero attached hydrogens (tertiary/aromatic N) is 3. The number of benzene rings is 1. The lowest BCUT2D eigenvalue weighted by molar-refractivity contribution is -0.120. The fourth-order valence-electron chi connectivity index (χ4n) is 2.64. The van der Waals surface area contributed by atoms with Crippen molar-refractivity contribution in [1.82, 2.24) is 15.6 Å². The summed E-state index contributed by atoms with van der Waals surface area (Å²) >= 11 is 1.47. The van der Waals surface area contributed by atoms with E-state index >= 15 is 0 Å². The lowest BCUT2D eigenvalue weighted by Crippen LogP contribution is -2.35. The predicted molar refractivity (Wildman–Crippen MR) is 97.9 cm³/mol. The maximum atomic E-state index is 11.5. The molecule has 7 heteroatoms. The summed E-state index contributed by atoms with van der Waals surface area (Å²) in [6, 6.07) is 13.7. The normalized spacial score (nSPS) is 15.9. The Labute approximate surface area is 156 Å². The highest BCUT2D eigenvalue weighted by Gasteiger charge is 2.22. The van der Waals surface area contributed by atoms with Crippen LogP contribution < -0.4 is 10.6 Å². The summed E-state index contributed by atoms with van der Waals surface area (Å²) < 4.78 is 0. The predicted octanol–water partition coefficient (Wildman–Crippen LogP) is 2.10. The second kappa shape index (κ2) is 8.48. The molecule has 1 aromatic heterocycles. The van der Waals surface area contributed by atoms with Crippen molar-refractivity contribution in [1.29, 1.82) is 10.5 Å². The van der Waals surface area contributed by atoms with Crippen molar-refractivity contribution in [2.75, 3.05) is 6.54 Å². The summed E-state index contributed by atoms with van der Waals surface area (Å²) in [5.74, 6) is 0.757. The number of pyridine rings is 1. The van der Waals surface area contributed by atoms with Gasteiger partial charge in [0.15, 0.2) is 0 Å². The molecule has 1 aliphatic heterocycles. The molecular formula is C19H17N5OS. The molecule has 2 aromatic rings. The van der Waals surface area contributed by atoms with Crippen molar-refractivity contribution in [3.05, 3.63) is 58.8 Å². The maximum Gasteiger partial charge on any atom is 0.237 e. The first-order valence-electron chi connectivity index (χ1n) is 8.21. The average molecular weight is 363 g/mol. The summed E-state index contributed by atoms with van der Waals surface area (Å²) in [6.07, 6.45) is 2.31. The molecule has 1 unspecified atom stereocenters. The zero-order valence-corrected chi connectivity index (χ0v) is 14.8. The largest absolute Gasteiger partial charge is 0.355 e. The van der Waals surface area contributed by atoms with Gasteiger partial charge in [0, 0.05) is 25.0 Å². The van der Waals surface area contributed by atoms with E-state index in [-0.39, 0.29) is 11.9 Å². The molecule has 1 aromatic carbocycles. The Morgan fingerprint density at radius 3 is 2.65 bits per heavy atom. The van der Waals surface area contributed by atoms with Crippen LogP contribution in [0.15, 0.2) is 41.6 Å². The third-order valence-corrected chi connectivity index (χ3v) is 5.18. The van der Waals surface area contributed by atoms with Crippen LogP contribution in [0.5, 0.6) is 0 Å². The third kappa shape index (κ3) is 4.40. The van der Waals surface area contributed by atoms with Gasteiger partial charge in [-0.05, 0) is 23.6 Å². The lowest BCUT2D eigenvalue weighted by atomic mass is 10.1. The van der Waals surface area contributed by atoms with Gasteiger partial charge in [-0.1, -0.05) is 24.3 Å². The minimum Gasteiger partial charge on any atom is -0.355 e.